The molecule has 0 amide bonds. The lowest BCUT2D eigenvalue weighted by Crippen LogP contribution is -2.62. The maximum atomic E-state index is 9.92. The third kappa shape index (κ3) is 3.36. The Morgan fingerprint density at radius 3 is 2.29 bits per heavy atom. The van der Waals surface area contributed by atoms with E-state index in [2.05, 4.69) is 0 Å². The van der Waals surface area contributed by atoms with Crippen molar-refractivity contribution in [2.45, 2.75) is 62.0 Å². The molecule has 2 heterocycles. The Kier molecular flexibility index (Phi) is 5.52. The molecule has 0 bridgehead atoms. The Balaban J connectivity index is 2.07. The van der Waals surface area contributed by atoms with Crippen molar-refractivity contribution >= 4 is 0 Å². The Morgan fingerprint density at radius 2 is 1.67 bits per heavy atom. The molecular weight excluding hydrogens is 288 g/mol. The van der Waals surface area contributed by atoms with E-state index in [4.69, 9.17) is 14.2 Å². The number of hydrogen-bond acceptors (Lipinski definition) is 9. The van der Waals surface area contributed by atoms with Crippen LogP contribution < -0.4 is 0 Å². The number of aliphatic hydroxyl groups excluding tert-OH is 6. The Morgan fingerprint density at radius 1 is 1.00 bits per heavy atom. The highest BCUT2D eigenvalue weighted by molar-refractivity contribution is 4.91. The molecule has 9 nitrogen and oxygen atoms in total. The third-order valence-corrected chi connectivity index (χ3v) is 3.86. The van der Waals surface area contributed by atoms with E-state index >= 15 is 0 Å². The minimum absolute atomic E-state index is 0.155. The standard InChI is InChI=1S/C12H22O9/c1-4-7(15)9(17)10(18)12(20-4)21-11-6(2-13)19-3-5(14)8(11)16/h4-18H,2-3H2,1H3. The molecule has 0 aromatic carbocycles. The summed E-state index contributed by atoms with van der Waals surface area (Å²) in [5.74, 6) is 0. The topological polar surface area (TPSA) is 149 Å². The molecule has 0 aromatic rings. The lowest BCUT2D eigenvalue weighted by atomic mass is 9.98. The van der Waals surface area contributed by atoms with Crippen molar-refractivity contribution in [1.29, 1.82) is 0 Å². The first-order valence-electron chi connectivity index (χ1n) is 6.80. The van der Waals surface area contributed by atoms with Crippen LogP contribution in [0.3, 0.4) is 0 Å². The molecule has 0 radical (unpaired) electrons. The normalized spacial score (nSPS) is 51.9. The van der Waals surface area contributed by atoms with Crippen molar-refractivity contribution in [2.75, 3.05) is 13.2 Å². The molecule has 2 rings (SSSR count). The fourth-order valence-electron chi connectivity index (χ4n) is 2.46. The van der Waals surface area contributed by atoms with Crippen molar-refractivity contribution in [3.05, 3.63) is 0 Å². The van der Waals surface area contributed by atoms with E-state index in [-0.39, 0.29) is 6.61 Å². The van der Waals surface area contributed by atoms with Gasteiger partial charge in [-0.05, 0) is 6.92 Å². The second-order valence-corrected chi connectivity index (χ2v) is 5.39. The molecule has 9 atom stereocenters. The van der Waals surface area contributed by atoms with Crippen molar-refractivity contribution in [2.24, 2.45) is 0 Å². The van der Waals surface area contributed by atoms with Gasteiger partial charge >= 0.3 is 0 Å². The summed E-state index contributed by atoms with van der Waals surface area (Å²) >= 11 is 0. The van der Waals surface area contributed by atoms with Gasteiger partial charge in [0.1, 0.15) is 42.7 Å². The first kappa shape index (κ1) is 17.0. The first-order valence-corrected chi connectivity index (χ1v) is 6.80. The van der Waals surface area contributed by atoms with Crippen LogP contribution in [0.5, 0.6) is 0 Å². The highest BCUT2D eigenvalue weighted by Gasteiger charge is 2.47. The Hall–Kier alpha value is -0.360. The van der Waals surface area contributed by atoms with Crippen LogP contribution in [-0.2, 0) is 14.2 Å². The summed E-state index contributed by atoms with van der Waals surface area (Å²) in [5, 5.41) is 57.9. The van der Waals surface area contributed by atoms with Crippen molar-refractivity contribution in [3.63, 3.8) is 0 Å². The van der Waals surface area contributed by atoms with E-state index in [0.29, 0.717) is 0 Å². The molecule has 0 aromatic heterocycles. The van der Waals surface area contributed by atoms with Crippen LogP contribution in [0.15, 0.2) is 0 Å². The summed E-state index contributed by atoms with van der Waals surface area (Å²) in [6.45, 7) is 0.873. The zero-order valence-corrected chi connectivity index (χ0v) is 11.5. The average molecular weight is 310 g/mol. The second-order valence-electron chi connectivity index (χ2n) is 5.39. The lowest BCUT2D eigenvalue weighted by Gasteiger charge is -2.43. The molecular formula is C12H22O9. The van der Waals surface area contributed by atoms with Crippen LogP contribution in [0.2, 0.25) is 0 Å². The van der Waals surface area contributed by atoms with Crippen LogP contribution in [0, 0.1) is 0 Å². The second kappa shape index (κ2) is 6.82. The fraction of sp³-hybridized carbons (Fsp3) is 1.00. The van der Waals surface area contributed by atoms with Gasteiger partial charge in [0.15, 0.2) is 6.29 Å². The van der Waals surface area contributed by atoms with Crippen LogP contribution >= 0.6 is 0 Å². The quantitative estimate of drug-likeness (QED) is 0.310. The van der Waals surface area contributed by atoms with E-state index in [1.54, 1.807) is 0 Å². The van der Waals surface area contributed by atoms with E-state index in [1.165, 1.54) is 6.92 Å². The molecule has 2 saturated heterocycles. The largest absolute Gasteiger partial charge is 0.394 e. The summed E-state index contributed by atoms with van der Waals surface area (Å²) < 4.78 is 15.8. The highest BCUT2D eigenvalue weighted by Crippen LogP contribution is 2.26. The number of hydrogen-bond donors (Lipinski definition) is 6. The van der Waals surface area contributed by atoms with Crippen LogP contribution in [0.4, 0.5) is 0 Å². The highest BCUT2D eigenvalue weighted by atomic mass is 16.7. The van der Waals surface area contributed by atoms with E-state index in [9.17, 15) is 30.6 Å². The summed E-state index contributed by atoms with van der Waals surface area (Å²) in [4.78, 5) is 0. The molecule has 2 aliphatic heterocycles. The van der Waals surface area contributed by atoms with E-state index in [1.807, 2.05) is 0 Å². The zero-order valence-electron chi connectivity index (χ0n) is 11.5. The predicted molar refractivity (Wildman–Crippen MR) is 66.1 cm³/mol. The molecule has 0 aliphatic carbocycles. The lowest BCUT2D eigenvalue weighted by molar-refractivity contribution is -0.331. The minimum Gasteiger partial charge on any atom is -0.394 e. The number of rotatable bonds is 3. The molecule has 9 heteroatoms. The predicted octanol–water partition coefficient (Wildman–Crippen LogP) is -3.69. The van der Waals surface area contributed by atoms with Gasteiger partial charge < -0.3 is 44.8 Å². The van der Waals surface area contributed by atoms with Gasteiger partial charge in [-0.15, -0.1) is 0 Å². The van der Waals surface area contributed by atoms with Gasteiger partial charge in [0, 0.05) is 0 Å². The molecule has 124 valence electrons. The summed E-state index contributed by atoms with van der Waals surface area (Å²) in [7, 11) is 0. The van der Waals surface area contributed by atoms with E-state index in [0.717, 1.165) is 0 Å². The van der Waals surface area contributed by atoms with Gasteiger partial charge in [0.2, 0.25) is 0 Å². The average Bonchev–Trinajstić information content (AvgIpc) is 2.47. The van der Waals surface area contributed by atoms with Gasteiger partial charge in [-0.25, -0.2) is 0 Å². The van der Waals surface area contributed by atoms with Crippen molar-refractivity contribution in [1.82, 2.24) is 0 Å². The van der Waals surface area contributed by atoms with Gasteiger partial charge in [-0.1, -0.05) is 0 Å². The number of ether oxygens (including phenoxy) is 3. The SMILES string of the molecule is CC1OC(OC2C(CO)OCC(O)C2O)C(O)C(O)C1O. The summed E-state index contributed by atoms with van der Waals surface area (Å²) in [6, 6.07) is 0. The van der Waals surface area contributed by atoms with Crippen molar-refractivity contribution in [3.8, 4) is 0 Å². The van der Waals surface area contributed by atoms with E-state index < -0.39 is 61.7 Å². The van der Waals surface area contributed by atoms with Crippen LogP contribution in [0.25, 0.3) is 0 Å². The Labute approximate surface area is 121 Å². The molecule has 0 spiro atoms. The fourth-order valence-corrected chi connectivity index (χ4v) is 2.46. The van der Waals surface area contributed by atoms with Gasteiger partial charge in [-0.2, -0.15) is 0 Å². The third-order valence-electron chi connectivity index (χ3n) is 3.86. The van der Waals surface area contributed by atoms with Crippen LogP contribution in [0.1, 0.15) is 6.92 Å². The molecule has 6 N–H and O–H groups in total. The minimum atomic E-state index is -1.54. The first-order chi connectivity index (χ1) is 9.86. The molecule has 2 fully saturated rings. The molecule has 9 unspecified atom stereocenters. The van der Waals surface area contributed by atoms with Gasteiger partial charge in [0.05, 0.1) is 19.3 Å². The summed E-state index contributed by atoms with van der Waals surface area (Å²) in [5.41, 5.74) is 0. The maximum Gasteiger partial charge on any atom is 0.187 e. The van der Waals surface area contributed by atoms with Gasteiger partial charge in [-0.3, -0.25) is 0 Å². The monoisotopic (exact) mass is 310 g/mol. The summed E-state index contributed by atoms with van der Waals surface area (Å²) in [6.07, 6.45) is -11.0. The Bertz CT molecular complexity index is 339. The smallest absolute Gasteiger partial charge is 0.187 e. The molecule has 2 aliphatic rings. The van der Waals surface area contributed by atoms with Gasteiger partial charge in [0.25, 0.3) is 0 Å². The zero-order chi connectivity index (χ0) is 15.7. The molecule has 0 saturated carbocycles. The van der Waals surface area contributed by atoms with Crippen molar-refractivity contribution < 1.29 is 44.8 Å². The molecule has 21 heavy (non-hydrogen) atoms. The maximum absolute atomic E-state index is 9.92. The van der Waals surface area contributed by atoms with Crippen LogP contribution in [-0.4, -0.2) is 99.0 Å². The number of aliphatic hydroxyl groups is 6.